The van der Waals surface area contributed by atoms with Crippen molar-refractivity contribution in [3.05, 3.63) is 77.4 Å². The van der Waals surface area contributed by atoms with Gasteiger partial charge in [-0.05, 0) is 41.7 Å². The third kappa shape index (κ3) is 3.86. The van der Waals surface area contributed by atoms with Crippen molar-refractivity contribution in [2.75, 3.05) is 0 Å². The fourth-order valence-electron chi connectivity index (χ4n) is 2.33. The molecule has 0 fully saturated rings. The summed E-state index contributed by atoms with van der Waals surface area (Å²) in [5.74, 6) is 6.58. The highest BCUT2D eigenvalue weighted by Gasteiger charge is 2.08. The maximum atomic E-state index is 4.29. The molecule has 2 aromatic rings. The van der Waals surface area contributed by atoms with E-state index in [1.807, 2.05) is 6.07 Å². The second kappa shape index (κ2) is 7.50. The predicted molar refractivity (Wildman–Crippen MR) is 92.2 cm³/mol. The second-order valence-electron chi connectivity index (χ2n) is 5.24. The molecule has 2 rings (SSSR count). The van der Waals surface area contributed by atoms with Crippen LogP contribution < -0.4 is 0 Å². The standard InChI is InChI=1S/C21H22/c1-4-5-6-7-13-19-14-9-11-16-21(19)18(3)20-15-10-8-12-17(20)2/h8-12,14-16H,3-6H2,1-2H3. The molecule has 0 aliphatic carbocycles. The van der Waals surface area contributed by atoms with Gasteiger partial charge in [0, 0.05) is 12.0 Å². The highest BCUT2D eigenvalue weighted by molar-refractivity contribution is 5.82. The molecule has 0 radical (unpaired) electrons. The zero-order chi connectivity index (χ0) is 15.1. The van der Waals surface area contributed by atoms with E-state index < -0.39 is 0 Å². The van der Waals surface area contributed by atoms with Gasteiger partial charge >= 0.3 is 0 Å². The van der Waals surface area contributed by atoms with Crippen LogP contribution in [0.3, 0.4) is 0 Å². The van der Waals surface area contributed by atoms with Crippen LogP contribution in [0.5, 0.6) is 0 Å². The number of hydrogen-bond donors (Lipinski definition) is 0. The van der Waals surface area contributed by atoms with E-state index in [9.17, 15) is 0 Å². The minimum atomic E-state index is 0.960. The smallest absolute Gasteiger partial charge is 0.0323 e. The molecule has 0 unspecified atom stereocenters. The molecule has 0 aromatic heterocycles. The summed E-state index contributed by atoms with van der Waals surface area (Å²) in [4.78, 5) is 0. The molecule has 106 valence electrons. The molecule has 0 spiro atoms. The quantitative estimate of drug-likeness (QED) is 0.503. The Labute approximate surface area is 128 Å². The summed E-state index contributed by atoms with van der Waals surface area (Å²) in [5.41, 5.74) is 5.70. The Morgan fingerprint density at radius 3 is 2.38 bits per heavy atom. The fraction of sp³-hybridized carbons (Fsp3) is 0.238. The van der Waals surface area contributed by atoms with Gasteiger partial charge in [-0.1, -0.05) is 74.2 Å². The summed E-state index contributed by atoms with van der Waals surface area (Å²) < 4.78 is 0. The molecular weight excluding hydrogens is 252 g/mol. The van der Waals surface area contributed by atoms with Crippen molar-refractivity contribution >= 4 is 5.57 Å². The van der Waals surface area contributed by atoms with E-state index in [1.165, 1.54) is 17.5 Å². The van der Waals surface area contributed by atoms with Crippen molar-refractivity contribution in [1.82, 2.24) is 0 Å². The normalized spacial score (nSPS) is 9.81. The first-order valence-corrected chi connectivity index (χ1v) is 7.57. The molecule has 0 saturated heterocycles. The van der Waals surface area contributed by atoms with Crippen molar-refractivity contribution in [1.29, 1.82) is 0 Å². The van der Waals surface area contributed by atoms with Gasteiger partial charge in [-0.2, -0.15) is 0 Å². The Hall–Kier alpha value is -2.26. The highest BCUT2D eigenvalue weighted by atomic mass is 14.1. The summed E-state index contributed by atoms with van der Waals surface area (Å²) in [6.07, 6.45) is 3.31. The first-order valence-electron chi connectivity index (χ1n) is 7.57. The van der Waals surface area contributed by atoms with Crippen LogP contribution in [-0.4, -0.2) is 0 Å². The van der Waals surface area contributed by atoms with Gasteiger partial charge in [-0.25, -0.2) is 0 Å². The first-order chi connectivity index (χ1) is 10.2. The lowest BCUT2D eigenvalue weighted by atomic mass is 9.93. The highest BCUT2D eigenvalue weighted by Crippen LogP contribution is 2.26. The SMILES string of the molecule is C=C(c1ccccc1C)c1ccccc1C#CCCCC. The average Bonchev–Trinajstić information content (AvgIpc) is 2.52. The molecule has 0 heterocycles. The number of rotatable bonds is 4. The summed E-state index contributed by atoms with van der Waals surface area (Å²) in [6.45, 7) is 8.60. The van der Waals surface area contributed by atoms with E-state index in [4.69, 9.17) is 0 Å². The lowest BCUT2D eigenvalue weighted by Gasteiger charge is -2.11. The van der Waals surface area contributed by atoms with E-state index in [0.29, 0.717) is 0 Å². The van der Waals surface area contributed by atoms with Crippen LogP contribution in [0.1, 0.15) is 48.4 Å². The zero-order valence-corrected chi connectivity index (χ0v) is 12.9. The molecule has 0 bridgehead atoms. The minimum absolute atomic E-state index is 0.960. The summed E-state index contributed by atoms with van der Waals surface area (Å²) >= 11 is 0. The zero-order valence-electron chi connectivity index (χ0n) is 12.9. The van der Waals surface area contributed by atoms with Crippen LogP contribution in [0.4, 0.5) is 0 Å². The van der Waals surface area contributed by atoms with Gasteiger partial charge in [-0.15, -0.1) is 0 Å². The molecule has 0 heteroatoms. The van der Waals surface area contributed by atoms with E-state index >= 15 is 0 Å². The van der Waals surface area contributed by atoms with Crippen molar-refractivity contribution in [2.24, 2.45) is 0 Å². The van der Waals surface area contributed by atoms with E-state index in [2.05, 4.69) is 74.7 Å². The van der Waals surface area contributed by atoms with Crippen LogP contribution in [0.15, 0.2) is 55.1 Å². The Balaban J connectivity index is 2.33. The molecule has 0 amide bonds. The Morgan fingerprint density at radius 1 is 1.00 bits per heavy atom. The van der Waals surface area contributed by atoms with Gasteiger partial charge in [0.05, 0.1) is 0 Å². The Kier molecular flexibility index (Phi) is 5.41. The number of unbranched alkanes of at least 4 members (excludes halogenated alkanes) is 2. The maximum absolute atomic E-state index is 4.29. The first kappa shape index (κ1) is 15.1. The molecule has 0 nitrogen and oxygen atoms in total. The summed E-state index contributed by atoms with van der Waals surface area (Å²) in [7, 11) is 0. The number of hydrogen-bond acceptors (Lipinski definition) is 0. The summed E-state index contributed by atoms with van der Waals surface area (Å²) in [5, 5.41) is 0. The molecule has 21 heavy (non-hydrogen) atoms. The Bertz CT molecular complexity index is 680. The van der Waals surface area contributed by atoms with Gasteiger partial charge in [0.25, 0.3) is 0 Å². The third-order valence-corrected chi connectivity index (χ3v) is 3.60. The van der Waals surface area contributed by atoms with Crippen LogP contribution in [0.2, 0.25) is 0 Å². The van der Waals surface area contributed by atoms with Crippen molar-refractivity contribution in [3.8, 4) is 11.8 Å². The van der Waals surface area contributed by atoms with Crippen LogP contribution in [0.25, 0.3) is 5.57 Å². The molecule has 0 N–H and O–H groups in total. The van der Waals surface area contributed by atoms with Crippen LogP contribution >= 0.6 is 0 Å². The third-order valence-electron chi connectivity index (χ3n) is 3.60. The van der Waals surface area contributed by atoms with Crippen molar-refractivity contribution in [2.45, 2.75) is 33.1 Å². The van der Waals surface area contributed by atoms with E-state index in [0.717, 1.165) is 29.5 Å². The predicted octanol–water partition coefficient (Wildman–Crippen LogP) is 5.60. The molecule has 0 saturated carbocycles. The lowest BCUT2D eigenvalue weighted by molar-refractivity contribution is 0.828. The molecule has 0 aliphatic heterocycles. The molecular formula is C21H22. The van der Waals surface area contributed by atoms with Gasteiger partial charge in [0.15, 0.2) is 0 Å². The lowest BCUT2D eigenvalue weighted by Crippen LogP contribution is -1.93. The largest absolute Gasteiger partial charge is 0.0979 e. The van der Waals surface area contributed by atoms with E-state index in [-0.39, 0.29) is 0 Å². The molecule has 2 aromatic carbocycles. The minimum Gasteiger partial charge on any atom is -0.0979 e. The molecule has 0 atom stereocenters. The number of aryl methyl sites for hydroxylation is 1. The number of benzene rings is 2. The summed E-state index contributed by atoms with van der Waals surface area (Å²) in [6, 6.07) is 16.6. The van der Waals surface area contributed by atoms with Crippen LogP contribution in [0, 0.1) is 18.8 Å². The van der Waals surface area contributed by atoms with Gasteiger partial charge in [0.2, 0.25) is 0 Å². The van der Waals surface area contributed by atoms with E-state index in [1.54, 1.807) is 0 Å². The maximum Gasteiger partial charge on any atom is 0.0323 e. The van der Waals surface area contributed by atoms with Crippen molar-refractivity contribution in [3.63, 3.8) is 0 Å². The van der Waals surface area contributed by atoms with Gasteiger partial charge in [0.1, 0.15) is 0 Å². The molecule has 0 aliphatic rings. The Morgan fingerprint density at radius 2 is 1.67 bits per heavy atom. The topological polar surface area (TPSA) is 0 Å². The fourth-order valence-corrected chi connectivity index (χ4v) is 2.33. The van der Waals surface area contributed by atoms with Crippen LogP contribution in [-0.2, 0) is 0 Å². The van der Waals surface area contributed by atoms with Gasteiger partial charge < -0.3 is 0 Å². The average molecular weight is 274 g/mol. The van der Waals surface area contributed by atoms with Gasteiger partial charge in [-0.3, -0.25) is 0 Å². The van der Waals surface area contributed by atoms with Crippen molar-refractivity contribution < 1.29 is 0 Å². The monoisotopic (exact) mass is 274 g/mol. The second-order valence-corrected chi connectivity index (χ2v) is 5.24.